The number of hydrogen-bond acceptors (Lipinski definition) is 3. The quantitative estimate of drug-likeness (QED) is 0.750. The minimum atomic E-state index is -0.237. The minimum Gasteiger partial charge on any atom is -0.392 e. The van der Waals surface area contributed by atoms with Crippen molar-refractivity contribution in [3.63, 3.8) is 0 Å². The van der Waals surface area contributed by atoms with E-state index in [4.69, 9.17) is 0 Å². The smallest absolute Gasteiger partial charge is 0.0664 e. The highest BCUT2D eigenvalue weighted by atomic mass is 16.3. The zero-order valence-electron chi connectivity index (χ0n) is 9.48. The molecule has 3 nitrogen and oxygen atoms in total. The summed E-state index contributed by atoms with van der Waals surface area (Å²) in [7, 11) is 0. The van der Waals surface area contributed by atoms with Gasteiger partial charge < -0.3 is 10.4 Å². The Balaban J connectivity index is 2.33. The molecule has 0 amide bonds. The van der Waals surface area contributed by atoms with Crippen LogP contribution in [0.1, 0.15) is 38.3 Å². The molecule has 0 aromatic carbocycles. The van der Waals surface area contributed by atoms with Crippen molar-refractivity contribution >= 4 is 0 Å². The number of pyridine rings is 1. The summed E-state index contributed by atoms with van der Waals surface area (Å²) in [5.41, 5.74) is 1.20. The van der Waals surface area contributed by atoms with Crippen LogP contribution in [-0.4, -0.2) is 22.7 Å². The molecule has 2 unspecified atom stereocenters. The first kappa shape index (κ1) is 12.1. The van der Waals surface area contributed by atoms with E-state index in [0.717, 1.165) is 12.8 Å². The Bertz CT molecular complexity index is 264. The van der Waals surface area contributed by atoms with Gasteiger partial charge >= 0.3 is 0 Å². The van der Waals surface area contributed by atoms with Crippen molar-refractivity contribution in [1.29, 1.82) is 0 Å². The predicted octanol–water partition coefficient (Wildman–Crippen LogP) is 1.89. The number of hydrogen-bond donors (Lipinski definition) is 2. The van der Waals surface area contributed by atoms with Gasteiger partial charge in [0, 0.05) is 25.0 Å². The molecule has 1 heterocycles. The normalized spacial score (nSPS) is 14.9. The van der Waals surface area contributed by atoms with Crippen LogP contribution in [0.5, 0.6) is 0 Å². The fourth-order valence-electron chi connectivity index (χ4n) is 1.52. The first-order chi connectivity index (χ1) is 7.24. The lowest BCUT2D eigenvalue weighted by Gasteiger charge is -2.16. The Morgan fingerprint density at radius 2 is 2.07 bits per heavy atom. The van der Waals surface area contributed by atoms with Crippen LogP contribution < -0.4 is 5.32 Å². The highest BCUT2D eigenvalue weighted by Gasteiger charge is 2.07. The summed E-state index contributed by atoms with van der Waals surface area (Å²) in [5.74, 6) is 0. The monoisotopic (exact) mass is 208 g/mol. The predicted molar refractivity (Wildman–Crippen MR) is 61.6 cm³/mol. The first-order valence-corrected chi connectivity index (χ1v) is 5.55. The number of aromatic nitrogens is 1. The van der Waals surface area contributed by atoms with Crippen LogP contribution in [0.25, 0.3) is 0 Å². The van der Waals surface area contributed by atoms with Gasteiger partial charge in [-0.3, -0.25) is 4.98 Å². The number of rotatable bonds is 6. The SMILES string of the molecule is CCCC(O)CNC(C)c1ccncc1. The van der Waals surface area contributed by atoms with Gasteiger partial charge in [0.25, 0.3) is 0 Å². The molecular formula is C12H20N2O. The minimum absolute atomic E-state index is 0.237. The van der Waals surface area contributed by atoms with Gasteiger partial charge in [-0.15, -0.1) is 0 Å². The van der Waals surface area contributed by atoms with Crippen LogP contribution in [0, 0.1) is 0 Å². The van der Waals surface area contributed by atoms with E-state index in [-0.39, 0.29) is 12.1 Å². The summed E-state index contributed by atoms with van der Waals surface area (Å²) in [6.07, 6.45) is 5.22. The molecule has 2 N–H and O–H groups in total. The van der Waals surface area contributed by atoms with Crippen molar-refractivity contribution in [3.05, 3.63) is 30.1 Å². The van der Waals surface area contributed by atoms with Crippen LogP contribution in [0.15, 0.2) is 24.5 Å². The molecule has 0 aliphatic heterocycles. The molecule has 1 aromatic rings. The van der Waals surface area contributed by atoms with E-state index in [1.165, 1.54) is 5.56 Å². The van der Waals surface area contributed by atoms with E-state index in [1.807, 2.05) is 12.1 Å². The Morgan fingerprint density at radius 3 is 2.67 bits per heavy atom. The molecular weight excluding hydrogens is 188 g/mol. The molecule has 0 bridgehead atoms. The van der Waals surface area contributed by atoms with E-state index < -0.39 is 0 Å². The summed E-state index contributed by atoms with van der Waals surface area (Å²) < 4.78 is 0. The van der Waals surface area contributed by atoms with Gasteiger partial charge in [0.2, 0.25) is 0 Å². The third kappa shape index (κ3) is 4.40. The van der Waals surface area contributed by atoms with Crippen molar-refractivity contribution in [2.45, 2.75) is 38.8 Å². The molecule has 0 saturated heterocycles. The zero-order valence-corrected chi connectivity index (χ0v) is 9.48. The summed E-state index contributed by atoms with van der Waals surface area (Å²) >= 11 is 0. The van der Waals surface area contributed by atoms with E-state index in [2.05, 4.69) is 24.1 Å². The second-order valence-electron chi connectivity index (χ2n) is 3.85. The second kappa shape index (κ2) is 6.53. The van der Waals surface area contributed by atoms with Crippen molar-refractivity contribution in [2.24, 2.45) is 0 Å². The second-order valence-corrected chi connectivity index (χ2v) is 3.85. The number of nitrogens with one attached hydrogen (secondary N) is 1. The van der Waals surface area contributed by atoms with Crippen LogP contribution in [0.3, 0.4) is 0 Å². The maximum atomic E-state index is 9.57. The van der Waals surface area contributed by atoms with Crippen molar-refractivity contribution in [3.8, 4) is 0 Å². The van der Waals surface area contributed by atoms with Crippen molar-refractivity contribution < 1.29 is 5.11 Å². The van der Waals surface area contributed by atoms with Crippen molar-refractivity contribution in [2.75, 3.05) is 6.54 Å². The van der Waals surface area contributed by atoms with Gasteiger partial charge in [-0.05, 0) is 31.0 Å². The lowest BCUT2D eigenvalue weighted by molar-refractivity contribution is 0.157. The Hall–Kier alpha value is -0.930. The third-order valence-electron chi connectivity index (χ3n) is 2.49. The maximum absolute atomic E-state index is 9.57. The van der Waals surface area contributed by atoms with Gasteiger partial charge in [0.1, 0.15) is 0 Å². The van der Waals surface area contributed by atoms with E-state index in [9.17, 15) is 5.11 Å². The molecule has 0 saturated carbocycles. The van der Waals surface area contributed by atoms with Crippen LogP contribution in [0.2, 0.25) is 0 Å². The summed E-state index contributed by atoms with van der Waals surface area (Å²) in [4.78, 5) is 3.98. The fourth-order valence-corrected chi connectivity index (χ4v) is 1.52. The van der Waals surface area contributed by atoms with E-state index in [1.54, 1.807) is 12.4 Å². The molecule has 0 spiro atoms. The molecule has 84 valence electrons. The van der Waals surface area contributed by atoms with E-state index in [0.29, 0.717) is 6.54 Å². The number of nitrogens with zero attached hydrogens (tertiary/aromatic N) is 1. The van der Waals surface area contributed by atoms with Gasteiger partial charge in [0.15, 0.2) is 0 Å². The van der Waals surface area contributed by atoms with E-state index >= 15 is 0 Å². The molecule has 3 heteroatoms. The van der Waals surface area contributed by atoms with Gasteiger partial charge in [-0.25, -0.2) is 0 Å². The van der Waals surface area contributed by atoms with Gasteiger partial charge in [-0.1, -0.05) is 13.3 Å². The molecule has 15 heavy (non-hydrogen) atoms. The molecule has 0 aliphatic rings. The summed E-state index contributed by atoms with van der Waals surface area (Å²) in [5, 5.41) is 12.9. The molecule has 1 rings (SSSR count). The van der Waals surface area contributed by atoms with Gasteiger partial charge in [0.05, 0.1) is 6.10 Å². The Kier molecular flexibility index (Phi) is 5.29. The standard InChI is InChI=1S/C12H20N2O/c1-3-4-12(15)9-14-10(2)11-5-7-13-8-6-11/h5-8,10,12,14-15H,3-4,9H2,1-2H3. The maximum Gasteiger partial charge on any atom is 0.0664 e. The average Bonchev–Trinajstić information content (AvgIpc) is 2.27. The van der Waals surface area contributed by atoms with Crippen LogP contribution in [-0.2, 0) is 0 Å². The average molecular weight is 208 g/mol. The van der Waals surface area contributed by atoms with Crippen LogP contribution in [0.4, 0.5) is 0 Å². The summed E-state index contributed by atoms with van der Waals surface area (Å²) in [6, 6.07) is 4.24. The lowest BCUT2D eigenvalue weighted by Crippen LogP contribution is -2.28. The summed E-state index contributed by atoms with van der Waals surface area (Å²) in [6.45, 7) is 4.82. The zero-order chi connectivity index (χ0) is 11.1. The topological polar surface area (TPSA) is 45.1 Å². The lowest BCUT2D eigenvalue weighted by atomic mass is 10.1. The molecule has 2 atom stereocenters. The number of aliphatic hydroxyl groups is 1. The van der Waals surface area contributed by atoms with Crippen LogP contribution >= 0.6 is 0 Å². The highest BCUT2D eigenvalue weighted by Crippen LogP contribution is 2.10. The highest BCUT2D eigenvalue weighted by molar-refractivity contribution is 5.13. The third-order valence-corrected chi connectivity index (χ3v) is 2.49. The number of aliphatic hydroxyl groups excluding tert-OH is 1. The molecule has 1 aromatic heterocycles. The Labute approximate surface area is 91.5 Å². The molecule has 0 radical (unpaired) electrons. The fraction of sp³-hybridized carbons (Fsp3) is 0.583. The molecule has 0 fully saturated rings. The first-order valence-electron chi connectivity index (χ1n) is 5.55. The van der Waals surface area contributed by atoms with Crippen molar-refractivity contribution in [1.82, 2.24) is 10.3 Å². The molecule has 0 aliphatic carbocycles. The Morgan fingerprint density at radius 1 is 1.40 bits per heavy atom. The largest absolute Gasteiger partial charge is 0.392 e. The van der Waals surface area contributed by atoms with Gasteiger partial charge in [-0.2, -0.15) is 0 Å².